The molecule has 0 spiro atoms. The number of halogens is 1. The molecule has 142 valence electrons. The fourth-order valence-electron chi connectivity index (χ4n) is 3.21. The highest BCUT2D eigenvalue weighted by atomic mass is 35.5. The molecule has 2 aliphatic heterocycles. The van der Waals surface area contributed by atoms with Gasteiger partial charge in [0, 0.05) is 10.7 Å². The zero-order chi connectivity index (χ0) is 19.8. The molecule has 0 saturated carbocycles. The molecule has 2 aromatic rings. The van der Waals surface area contributed by atoms with E-state index in [0.29, 0.717) is 16.4 Å². The quantitative estimate of drug-likeness (QED) is 0.802. The second-order valence-electron chi connectivity index (χ2n) is 6.60. The van der Waals surface area contributed by atoms with Gasteiger partial charge in [-0.1, -0.05) is 40.6 Å². The molecule has 2 aromatic carbocycles. The van der Waals surface area contributed by atoms with Gasteiger partial charge in [-0.2, -0.15) is 5.11 Å². The Bertz CT molecular complexity index is 991. The number of nitrogens with zero attached hydrogens (tertiary/aromatic N) is 4. The average molecular weight is 398 g/mol. The predicted octanol–water partition coefficient (Wildman–Crippen LogP) is 2.58. The topological polar surface area (TPSA) is 94.4 Å². The van der Waals surface area contributed by atoms with Gasteiger partial charge in [0.25, 0.3) is 11.8 Å². The van der Waals surface area contributed by atoms with Crippen molar-refractivity contribution in [1.29, 1.82) is 0 Å². The van der Waals surface area contributed by atoms with Gasteiger partial charge in [-0.15, -0.1) is 0 Å². The summed E-state index contributed by atoms with van der Waals surface area (Å²) in [5, 5.41) is 12.2. The molecule has 2 atom stereocenters. The first-order valence-electron chi connectivity index (χ1n) is 8.61. The van der Waals surface area contributed by atoms with E-state index in [-0.39, 0.29) is 12.5 Å². The van der Waals surface area contributed by atoms with Crippen LogP contribution in [-0.4, -0.2) is 41.4 Å². The number of benzene rings is 2. The molecule has 0 aromatic heterocycles. The van der Waals surface area contributed by atoms with Gasteiger partial charge in [0.2, 0.25) is 5.91 Å². The van der Waals surface area contributed by atoms with E-state index >= 15 is 0 Å². The maximum Gasteiger partial charge on any atom is 0.263 e. The summed E-state index contributed by atoms with van der Waals surface area (Å²) < 4.78 is 0. The number of carbonyl (C=O) groups is 3. The summed E-state index contributed by atoms with van der Waals surface area (Å²) in [4.78, 5) is 38.9. The number of aryl methyl sites for hydroxylation is 1. The first-order chi connectivity index (χ1) is 13.4. The Kier molecular flexibility index (Phi) is 4.56. The molecular weight excluding hydrogens is 382 g/mol. The van der Waals surface area contributed by atoms with Crippen LogP contribution >= 0.6 is 11.6 Å². The molecule has 4 rings (SSSR count). The monoisotopic (exact) mass is 397 g/mol. The Hall–Kier alpha value is -3.26. The summed E-state index contributed by atoms with van der Waals surface area (Å²) in [5.74, 6) is -1.32. The molecule has 8 nitrogen and oxygen atoms in total. The van der Waals surface area contributed by atoms with Crippen LogP contribution < -0.4 is 10.2 Å². The fraction of sp³-hybridized carbons (Fsp3) is 0.211. The van der Waals surface area contributed by atoms with Crippen molar-refractivity contribution in [3.63, 3.8) is 0 Å². The molecule has 2 aliphatic rings. The lowest BCUT2D eigenvalue weighted by Crippen LogP contribution is -2.43. The first kappa shape index (κ1) is 18.1. The number of fused-ring (bicyclic) bond motifs is 1. The van der Waals surface area contributed by atoms with Gasteiger partial charge >= 0.3 is 0 Å². The Balaban J connectivity index is 1.49. The van der Waals surface area contributed by atoms with E-state index in [4.69, 9.17) is 11.6 Å². The third kappa shape index (κ3) is 3.22. The number of anilines is 2. The summed E-state index contributed by atoms with van der Waals surface area (Å²) in [7, 11) is 0. The number of carbonyl (C=O) groups excluding carboxylic acids is 3. The van der Waals surface area contributed by atoms with Gasteiger partial charge in [-0.3, -0.25) is 19.4 Å². The van der Waals surface area contributed by atoms with Crippen LogP contribution in [0.4, 0.5) is 11.4 Å². The van der Waals surface area contributed by atoms with Crippen LogP contribution in [0.15, 0.2) is 58.9 Å². The summed E-state index contributed by atoms with van der Waals surface area (Å²) in [5.41, 5.74) is 2.08. The van der Waals surface area contributed by atoms with Crippen molar-refractivity contribution in [3.8, 4) is 0 Å². The van der Waals surface area contributed by atoms with E-state index in [9.17, 15) is 14.4 Å². The standard InChI is InChI=1S/C19H16ClN5O3/c1-11-5-7-13(8-6-11)21-15(26)10-24-17-16(22-23-24)18(27)25(19(17)28)14-4-2-3-12(20)9-14/h2-9,16-17H,10H2,1H3,(H,21,26)/t16-,17+/m0/s1. The average Bonchev–Trinajstić information content (AvgIpc) is 3.17. The summed E-state index contributed by atoms with van der Waals surface area (Å²) >= 11 is 5.97. The molecule has 3 amide bonds. The molecular formula is C19H16ClN5O3. The number of imide groups is 1. The van der Waals surface area contributed by atoms with Crippen molar-refractivity contribution in [3.05, 3.63) is 59.1 Å². The smallest absolute Gasteiger partial charge is 0.263 e. The molecule has 9 heteroatoms. The highest BCUT2D eigenvalue weighted by Crippen LogP contribution is 2.32. The normalized spacial score (nSPS) is 20.6. The Labute approximate surface area is 165 Å². The number of nitrogens with one attached hydrogen (secondary N) is 1. The van der Waals surface area contributed by atoms with Crippen molar-refractivity contribution in [2.75, 3.05) is 16.8 Å². The minimum absolute atomic E-state index is 0.194. The Morgan fingerprint density at radius 1 is 1.14 bits per heavy atom. The third-order valence-corrected chi connectivity index (χ3v) is 4.80. The summed E-state index contributed by atoms with van der Waals surface area (Å²) in [6, 6.07) is 11.9. The van der Waals surface area contributed by atoms with E-state index in [1.807, 2.05) is 19.1 Å². The maximum absolute atomic E-state index is 12.9. The molecule has 0 bridgehead atoms. The Morgan fingerprint density at radius 3 is 2.61 bits per heavy atom. The van der Waals surface area contributed by atoms with E-state index < -0.39 is 23.9 Å². The van der Waals surface area contributed by atoms with E-state index in [0.717, 1.165) is 10.5 Å². The largest absolute Gasteiger partial charge is 0.324 e. The molecule has 28 heavy (non-hydrogen) atoms. The molecule has 0 radical (unpaired) electrons. The van der Waals surface area contributed by atoms with Gasteiger partial charge < -0.3 is 5.32 Å². The molecule has 2 heterocycles. The van der Waals surface area contributed by atoms with Crippen molar-refractivity contribution in [2.24, 2.45) is 10.3 Å². The van der Waals surface area contributed by atoms with E-state index in [2.05, 4.69) is 15.7 Å². The van der Waals surface area contributed by atoms with Crippen LogP contribution in [-0.2, 0) is 14.4 Å². The molecule has 0 unspecified atom stereocenters. The lowest BCUT2D eigenvalue weighted by molar-refractivity contribution is -0.123. The van der Waals surface area contributed by atoms with Crippen LogP contribution in [0.3, 0.4) is 0 Å². The number of amides is 3. The number of hydrogen-bond donors (Lipinski definition) is 1. The van der Waals surface area contributed by atoms with Gasteiger partial charge in [0.1, 0.15) is 6.54 Å². The minimum Gasteiger partial charge on any atom is -0.324 e. The molecule has 1 N–H and O–H groups in total. The van der Waals surface area contributed by atoms with Crippen molar-refractivity contribution >= 4 is 40.7 Å². The van der Waals surface area contributed by atoms with Gasteiger partial charge in [0.05, 0.1) is 5.69 Å². The SMILES string of the molecule is Cc1ccc(NC(=O)CN2N=N[C@@H]3C(=O)N(c4cccc(Cl)c4)C(=O)[C@@H]32)cc1. The number of rotatable bonds is 4. The van der Waals surface area contributed by atoms with Crippen molar-refractivity contribution in [1.82, 2.24) is 5.01 Å². The minimum atomic E-state index is -0.960. The van der Waals surface area contributed by atoms with Crippen LogP contribution in [0.25, 0.3) is 0 Å². The predicted molar refractivity (Wildman–Crippen MR) is 103 cm³/mol. The van der Waals surface area contributed by atoms with E-state index in [1.54, 1.807) is 30.3 Å². The molecule has 0 aliphatic carbocycles. The summed E-state index contributed by atoms with van der Waals surface area (Å²) in [6.07, 6.45) is 0. The second-order valence-corrected chi connectivity index (χ2v) is 7.03. The zero-order valence-electron chi connectivity index (χ0n) is 14.9. The van der Waals surface area contributed by atoms with Crippen LogP contribution in [0.2, 0.25) is 5.02 Å². The highest BCUT2D eigenvalue weighted by Gasteiger charge is 2.55. The first-order valence-corrected chi connectivity index (χ1v) is 8.99. The highest BCUT2D eigenvalue weighted by molar-refractivity contribution is 6.31. The maximum atomic E-state index is 12.9. The lowest BCUT2D eigenvalue weighted by Gasteiger charge is -2.20. The Morgan fingerprint density at radius 2 is 1.89 bits per heavy atom. The van der Waals surface area contributed by atoms with Crippen molar-refractivity contribution in [2.45, 2.75) is 19.0 Å². The summed E-state index contributed by atoms with van der Waals surface area (Å²) in [6.45, 7) is 1.76. The molecule has 1 saturated heterocycles. The molecule has 1 fully saturated rings. The number of hydrogen-bond acceptors (Lipinski definition) is 6. The van der Waals surface area contributed by atoms with Crippen LogP contribution in [0.1, 0.15) is 5.56 Å². The zero-order valence-corrected chi connectivity index (χ0v) is 15.6. The van der Waals surface area contributed by atoms with Gasteiger partial charge in [-0.05, 0) is 37.3 Å². The van der Waals surface area contributed by atoms with Crippen molar-refractivity contribution < 1.29 is 14.4 Å². The van der Waals surface area contributed by atoms with Gasteiger partial charge in [0.15, 0.2) is 12.1 Å². The second kappa shape index (κ2) is 7.05. The van der Waals surface area contributed by atoms with Crippen LogP contribution in [0.5, 0.6) is 0 Å². The van der Waals surface area contributed by atoms with Crippen LogP contribution in [0, 0.1) is 6.92 Å². The third-order valence-electron chi connectivity index (χ3n) is 4.57. The fourth-order valence-corrected chi connectivity index (χ4v) is 3.39. The lowest BCUT2D eigenvalue weighted by atomic mass is 10.1. The van der Waals surface area contributed by atoms with Gasteiger partial charge in [-0.25, -0.2) is 4.90 Å². The van der Waals surface area contributed by atoms with E-state index in [1.165, 1.54) is 11.1 Å².